The molecule has 0 amide bonds. The van der Waals surface area contributed by atoms with Crippen molar-refractivity contribution in [2.24, 2.45) is 0 Å². The number of β-amino-alcohol motifs (C(OH)–C–C–N with tert-alkyl or cyclic N) is 1. The molecule has 18 heavy (non-hydrogen) atoms. The molecular weight excluding hydrogens is 251 g/mol. The van der Waals surface area contributed by atoms with Crippen LogP contribution in [-0.4, -0.2) is 55.9 Å². The quantitative estimate of drug-likeness (QED) is 0.693. The van der Waals surface area contributed by atoms with E-state index in [9.17, 15) is 18.3 Å². The Hall–Kier alpha value is -0.370. The lowest BCUT2D eigenvalue weighted by Crippen LogP contribution is -2.48. The van der Waals surface area contributed by atoms with Crippen LogP contribution in [0, 0.1) is 0 Å². The maximum absolute atomic E-state index is 12.6. The molecule has 7 heteroatoms. The molecular formula is C11H20F3NO3. The van der Waals surface area contributed by atoms with Crippen LogP contribution in [0.1, 0.15) is 19.8 Å². The molecule has 1 fully saturated rings. The first-order valence-corrected chi connectivity index (χ1v) is 5.91. The molecule has 0 aromatic rings. The summed E-state index contributed by atoms with van der Waals surface area (Å²) in [6.07, 6.45) is -5.25. The summed E-state index contributed by atoms with van der Waals surface area (Å²) in [4.78, 5) is 0. The molecule has 2 unspecified atom stereocenters. The third-order valence-corrected chi connectivity index (χ3v) is 2.94. The van der Waals surface area contributed by atoms with Gasteiger partial charge in [0.15, 0.2) is 0 Å². The van der Waals surface area contributed by atoms with Gasteiger partial charge in [-0.2, -0.15) is 13.2 Å². The monoisotopic (exact) mass is 271 g/mol. The molecule has 0 aromatic heterocycles. The van der Waals surface area contributed by atoms with Crippen LogP contribution < -0.4 is 5.32 Å². The number of nitrogens with one attached hydrogen (secondary N) is 1. The second-order valence-electron chi connectivity index (χ2n) is 4.71. The van der Waals surface area contributed by atoms with E-state index in [4.69, 9.17) is 9.47 Å². The zero-order valence-electron chi connectivity index (χ0n) is 10.6. The first-order valence-electron chi connectivity index (χ1n) is 5.91. The predicted octanol–water partition coefficient (Wildman–Crippen LogP) is 1.08. The van der Waals surface area contributed by atoms with Gasteiger partial charge in [0.1, 0.15) is 5.54 Å². The number of hydrogen-bond acceptors (Lipinski definition) is 4. The molecule has 1 aliphatic carbocycles. The van der Waals surface area contributed by atoms with Crippen molar-refractivity contribution in [1.29, 1.82) is 0 Å². The summed E-state index contributed by atoms with van der Waals surface area (Å²) in [5, 5.41) is 11.9. The summed E-state index contributed by atoms with van der Waals surface area (Å²) in [6, 6.07) is 0. The fourth-order valence-corrected chi connectivity index (χ4v) is 1.62. The Morgan fingerprint density at radius 2 is 1.94 bits per heavy atom. The minimum Gasteiger partial charge on any atom is -0.389 e. The van der Waals surface area contributed by atoms with Crippen molar-refractivity contribution in [2.45, 2.75) is 43.7 Å². The first kappa shape index (κ1) is 15.7. The highest BCUT2D eigenvalue weighted by Gasteiger charge is 2.63. The van der Waals surface area contributed by atoms with E-state index in [1.807, 2.05) is 0 Å². The largest absolute Gasteiger partial charge is 0.406 e. The minimum atomic E-state index is -4.25. The molecule has 0 bridgehead atoms. The van der Waals surface area contributed by atoms with Gasteiger partial charge in [-0.3, -0.25) is 0 Å². The fraction of sp³-hybridized carbons (Fsp3) is 1.00. The lowest BCUT2D eigenvalue weighted by atomic mass is 10.2. The minimum absolute atomic E-state index is 0.00847. The van der Waals surface area contributed by atoms with Crippen LogP contribution in [-0.2, 0) is 9.47 Å². The summed E-state index contributed by atoms with van der Waals surface area (Å²) in [5.74, 6) is 0. The zero-order chi connectivity index (χ0) is 13.8. The summed E-state index contributed by atoms with van der Waals surface area (Å²) in [7, 11) is 1.53. The summed E-state index contributed by atoms with van der Waals surface area (Å²) in [5.41, 5.74) is -1.79. The van der Waals surface area contributed by atoms with Gasteiger partial charge in [0, 0.05) is 13.7 Å². The summed E-state index contributed by atoms with van der Waals surface area (Å²) >= 11 is 0. The number of aliphatic hydroxyl groups excluding tert-OH is 1. The van der Waals surface area contributed by atoms with Crippen LogP contribution >= 0.6 is 0 Å². The molecule has 0 spiro atoms. The van der Waals surface area contributed by atoms with Crippen LogP contribution in [0.15, 0.2) is 0 Å². The average Bonchev–Trinajstić information content (AvgIpc) is 3.04. The van der Waals surface area contributed by atoms with Gasteiger partial charge >= 0.3 is 6.18 Å². The number of alkyl halides is 3. The second kappa shape index (κ2) is 6.18. The molecule has 2 N–H and O–H groups in total. The zero-order valence-corrected chi connectivity index (χ0v) is 10.6. The van der Waals surface area contributed by atoms with E-state index >= 15 is 0 Å². The first-order chi connectivity index (χ1) is 8.31. The van der Waals surface area contributed by atoms with E-state index in [1.54, 1.807) is 6.92 Å². The maximum atomic E-state index is 12.6. The van der Waals surface area contributed by atoms with Gasteiger partial charge in [-0.25, -0.2) is 0 Å². The Kier molecular flexibility index (Phi) is 5.39. The summed E-state index contributed by atoms with van der Waals surface area (Å²) < 4.78 is 47.8. The summed E-state index contributed by atoms with van der Waals surface area (Å²) in [6.45, 7) is 2.01. The van der Waals surface area contributed by atoms with Crippen LogP contribution in [0.5, 0.6) is 0 Å². The Morgan fingerprint density at radius 3 is 2.39 bits per heavy atom. The van der Waals surface area contributed by atoms with Crippen molar-refractivity contribution >= 4 is 0 Å². The van der Waals surface area contributed by atoms with Crippen molar-refractivity contribution in [3.8, 4) is 0 Å². The lowest BCUT2D eigenvalue weighted by Gasteiger charge is -2.23. The Morgan fingerprint density at radius 1 is 1.33 bits per heavy atom. The Balaban J connectivity index is 2.20. The van der Waals surface area contributed by atoms with Crippen molar-refractivity contribution in [3.05, 3.63) is 0 Å². The van der Waals surface area contributed by atoms with Gasteiger partial charge < -0.3 is 19.9 Å². The van der Waals surface area contributed by atoms with Gasteiger partial charge in [0.2, 0.25) is 0 Å². The molecule has 0 radical (unpaired) electrons. The van der Waals surface area contributed by atoms with Crippen molar-refractivity contribution < 1.29 is 27.8 Å². The van der Waals surface area contributed by atoms with Gasteiger partial charge in [-0.1, -0.05) is 0 Å². The molecule has 108 valence electrons. The number of ether oxygens (including phenoxy) is 2. The van der Waals surface area contributed by atoms with Crippen LogP contribution in [0.25, 0.3) is 0 Å². The highest BCUT2D eigenvalue weighted by atomic mass is 19.4. The van der Waals surface area contributed by atoms with E-state index in [-0.39, 0.29) is 32.1 Å². The fourth-order valence-electron chi connectivity index (χ4n) is 1.62. The highest BCUT2D eigenvalue weighted by Crippen LogP contribution is 2.48. The number of halogens is 3. The molecule has 0 saturated heterocycles. The average molecular weight is 271 g/mol. The van der Waals surface area contributed by atoms with E-state index in [0.717, 1.165) is 0 Å². The third-order valence-electron chi connectivity index (χ3n) is 2.94. The number of aliphatic hydroxyl groups is 1. The van der Waals surface area contributed by atoms with Gasteiger partial charge in [0.05, 0.1) is 25.4 Å². The smallest absolute Gasteiger partial charge is 0.389 e. The van der Waals surface area contributed by atoms with Gasteiger partial charge in [-0.05, 0) is 19.8 Å². The molecule has 1 rings (SSSR count). The van der Waals surface area contributed by atoms with Crippen LogP contribution in [0.4, 0.5) is 13.2 Å². The highest BCUT2D eigenvalue weighted by molar-refractivity contribution is 5.08. The second-order valence-corrected chi connectivity index (χ2v) is 4.71. The van der Waals surface area contributed by atoms with Gasteiger partial charge in [0.25, 0.3) is 0 Å². The molecule has 4 nitrogen and oxygen atoms in total. The van der Waals surface area contributed by atoms with E-state index in [2.05, 4.69) is 5.32 Å². The standard InChI is InChI=1S/C11H20F3NO3/c1-8(6-17-2)18-7-9(16)5-15-10(3-4-10)11(12,13)14/h8-9,15-16H,3-7H2,1-2H3. The molecule has 0 heterocycles. The van der Waals surface area contributed by atoms with Crippen molar-refractivity contribution in [2.75, 3.05) is 26.9 Å². The van der Waals surface area contributed by atoms with Crippen molar-refractivity contribution in [3.63, 3.8) is 0 Å². The third kappa shape index (κ3) is 4.38. The Bertz CT molecular complexity index is 256. The van der Waals surface area contributed by atoms with Crippen LogP contribution in [0.2, 0.25) is 0 Å². The number of methoxy groups -OCH3 is 1. The number of rotatable bonds is 8. The Labute approximate surface area is 104 Å². The predicted molar refractivity (Wildman–Crippen MR) is 59.3 cm³/mol. The van der Waals surface area contributed by atoms with Crippen LogP contribution in [0.3, 0.4) is 0 Å². The number of hydrogen-bond donors (Lipinski definition) is 2. The van der Waals surface area contributed by atoms with Gasteiger partial charge in [-0.15, -0.1) is 0 Å². The SMILES string of the molecule is COCC(C)OCC(O)CNC1(C(F)(F)F)CC1. The van der Waals surface area contributed by atoms with E-state index < -0.39 is 17.8 Å². The molecule has 0 aliphatic heterocycles. The van der Waals surface area contributed by atoms with E-state index in [1.165, 1.54) is 7.11 Å². The maximum Gasteiger partial charge on any atom is 0.406 e. The molecule has 1 aliphatic rings. The molecule has 2 atom stereocenters. The van der Waals surface area contributed by atoms with E-state index in [0.29, 0.717) is 6.61 Å². The lowest BCUT2D eigenvalue weighted by molar-refractivity contribution is -0.167. The normalized spacial score (nSPS) is 21.7. The molecule has 1 saturated carbocycles. The topological polar surface area (TPSA) is 50.7 Å². The van der Waals surface area contributed by atoms with Crippen molar-refractivity contribution in [1.82, 2.24) is 5.32 Å². The molecule has 0 aromatic carbocycles.